The van der Waals surface area contributed by atoms with Gasteiger partial charge in [-0.2, -0.15) is 0 Å². The topological polar surface area (TPSA) is 75.7 Å². The maximum atomic E-state index is 13.7. The Balaban J connectivity index is 1.36. The molecule has 0 saturated carbocycles. The van der Waals surface area contributed by atoms with E-state index in [1.165, 1.54) is 6.07 Å². The molecule has 1 N–H and O–H groups in total. The van der Waals surface area contributed by atoms with Crippen LogP contribution in [-0.4, -0.2) is 34.8 Å². The molecule has 3 amide bonds. The Morgan fingerprint density at radius 1 is 1.09 bits per heavy atom. The minimum absolute atomic E-state index is 0.0918. The van der Waals surface area contributed by atoms with Crippen LogP contribution in [0.4, 0.5) is 14.9 Å². The molecular formula is C26H21FN2O4S2. The van der Waals surface area contributed by atoms with Gasteiger partial charge in [-0.05, 0) is 66.1 Å². The molecule has 0 atom stereocenters. The number of nitrogens with one attached hydrogen (secondary N) is 1. The molecule has 0 aromatic heterocycles. The Kier molecular flexibility index (Phi) is 7.89. The number of imide groups is 1. The van der Waals surface area contributed by atoms with Gasteiger partial charge in [0, 0.05) is 16.1 Å². The molecule has 1 aliphatic heterocycles. The predicted molar refractivity (Wildman–Crippen MR) is 137 cm³/mol. The average molecular weight is 509 g/mol. The second-order valence-corrected chi connectivity index (χ2v) is 9.37. The van der Waals surface area contributed by atoms with Crippen LogP contribution in [0.5, 0.6) is 5.75 Å². The van der Waals surface area contributed by atoms with E-state index in [1.807, 2.05) is 24.5 Å². The minimum Gasteiger partial charge on any atom is -0.489 e. The molecule has 6 nitrogen and oxygen atoms in total. The van der Waals surface area contributed by atoms with Crippen molar-refractivity contribution in [2.24, 2.45) is 0 Å². The van der Waals surface area contributed by atoms with E-state index in [0.717, 1.165) is 21.6 Å². The van der Waals surface area contributed by atoms with E-state index >= 15 is 0 Å². The highest BCUT2D eigenvalue weighted by atomic mass is 32.2. The molecule has 0 bridgehead atoms. The van der Waals surface area contributed by atoms with Gasteiger partial charge in [0.15, 0.2) is 0 Å². The van der Waals surface area contributed by atoms with Crippen LogP contribution in [0.3, 0.4) is 0 Å². The summed E-state index contributed by atoms with van der Waals surface area (Å²) in [5.74, 6) is -0.765. The monoisotopic (exact) mass is 508 g/mol. The molecule has 3 aromatic carbocycles. The number of nitrogens with zero attached hydrogens (tertiary/aromatic N) is 1. The lowest BCUT2D eigenvalue weighted by Crippen LogP contribution is -2.36. The van der Waals surface area contributed by atoms with E-state index in [9.17, 15) is 18.8 Å². The third-order valence-electron chi connectivity index (χ3n) is 5.06. The summed E-state index contributed by atoms with van der Waals surface area (Å²) < 4.78 is 19.3. The quantitative estimate of drug-likeness (QED) is 0.306. The van der Waals surface area contributed by atoms with Gasteiger partial charge in [-0.15, -0.1) is 11.8 Å². The van der Waals surface area contributed by atoms with E-state index in [0.29, 0.717) is 22.6 Å². The second-order valence-electron chi connectivity index (χ2n) is 7.50. The van der Waals surface area contributed by atoms with Crippen molar-refractivity contribution in [3.63, 3.8) is 0 Å². The summed E-state index contributed by atoms with van der Waals surface area (Å²) in [7, 11) is 0. The van der Waals surface area contributed by atoms with Gasteiger partial charge in [0.1, 0.15) is 24.7 Å². The first-order chi connectivity index (χ1) is 16.9. The van der Waals surface area contributed by atoms with Crippen LogP contribution in [-0.2, 0) is 16.2 Å². The molecule has 1 fully saturated rings. The maximum absolute atomic E-state index is 13.7. The van der Waals surface area contributed by atoms with Crippen LogP contribution < -0.4 is 10.1 Å². The van der Waals surface area contributed by atoms with Crippen molar-refractivity contribution in [1.29, 1.82) is 0 Å². The van der Waals surface area contributed by atoms with Gasteiger partial charge in [-0.3, -0.25) is 19.3 Å². The van der Waals surface area contributed by atoms with Crippen LogP contribution in [0, 0.1) is 5.82 Å². The van der Waals surface area contributed by atoms with Crippen molar-refractivity contribution in [2.45, 2.75) is 11.5 Å². The van der Waals surface area contributed by atoms with Crippen LogP contribution in [0.25, 0.3) is 6.08 Å². The minimum atomic E-state index is -0.520. The summed E-state index contributed by atoms with van der Waals surface area (Å²) in [5, 5.41) is 2.22. The van der Waals surface area contributed by atoms with Gasteiger partial charge < -0.3 is 10.1 Å². The number of benzene rings is 3. The van der Waals surface area contributed by atoms with Gasteiger partial charge in [0.05, 0.1) is 4.91 Å². The van der Waals surface area contributed by atoms with E-state index in [1.54, 1.807) is 66.4 Å². The van der Waals surface area contributed by atoms with E-state index in [2.05, 4.69) is 5.32 Å². The second kappa shape index (κ2) is 11.2. The number of carbonyl (C=O) groups is 3. The number of amides is 3. The first-order valence-corrected chi connectivity index (χ1v) is 12.6. The lowest BCUT2D eigenvalue weighted by atomic mass is 10.2. The maximum Gasteiger partial charge on any atom is 0.294 e. The molecule has 1 saturated heterocycles. The summed E-state index contributed by atoms with van der Waals surface area (Å²) in [6.45, 7) is -0.275. The number of carbonyl (C=O) groups excluding carboxylic acids is 3. The van der Waals surface area contributed by atoms with Crippen molar-refractivity contribution in [3.05, 3.63) is 94.6 Å². The summed E-state index contributed by atoms with van der Waals surface area (Å²) >= 11 is 2.33. The first-order valence-electron chi connectivity index (χ1n) is 10.6. The zero-order valence-corrected chi connectivity index (χ0v) is 20.3. The lowest BCUT2D eigenvalue weighted by Gasteiger charge is -2.12. The molecule has 178 valence electrons. The Hall–Kier alpha value is -3.56. The molecule has 1 heterocycles. The van der Waals surface area contributed by atoms with E-state index < -0.39 is 17.1 Å². The van der Waals surface area contributed by atoms with Crippen molar-refractivity contribution in [1.82, 2.24) is 4.90 Å². The molecule has 0 unspecified atom stereocenters. The highest BCUT2D eigenvalue weighted by Crippen LogP contribution is 2.32. The van der Waals surface area contributed by atoms with Crippen molar-refractivity contribution < 1.29 is 23.5 Å². The van der Waals surface area contributed by atoms with Gasteiger partial charge in [-0.25, -0.2) is 4.39 Å². The summed E-state index contributed by atoms with van der Waals surface area (Å²) in [6, 6.07) is 20.6. The Morgan fingerprint density at radius 2 is 1.86 bits per heavy atom. The zero-order chi connectivity index (χ0) is 24.8. The van der Waals surface area contributed by atoms with E-state index in [4.69, 9.17) is 4.74 Å². The van der Waals surface area contributed by atoms with Crippen molar-refractivity contribution in [3.8, 4) is 5.75 Å². The Labute approximate surface area is 210 Å². The van der Waals surface area contributed by atoms with Crippen molar-refractivity contribution in [2.75, 3.05) is 18.1 Å². The van der Waals surface area contributed by atoms with Crippen LogP contribution in [0.2, 0.25) is 0 Å². The van der Waals surface area contributed by atoms with Crippen molar-refractivity contribution >= 4 is 52.3 Å². The summed E-state index contributed by atoms with van der Waals surface area (Å²) in [5.41, 5.74) is 1.74. The molecule has 0 spiro atoms. The number of rotatable bonds is 8. The molecule has 35 heavy (non-hydrogen) atoms. The molecule has 9 heteroatoms. The number of hydrogen-bond acceptors (Lipinski definition) is 6. The Bertz CT molecular complexity index is 1290. The normalized spacial score (nSPS) is 14.5. The van der Waals surface area contributed by atoms with E-state index in [-0.39, 0.29) is 23.9 Å². The SMILES string of the molecule is CSc1cccc(NC(=O)CN2C(=O)S/C(=C/c3ccc(OCc4ccccc4F)cc3)C2=O)c1. The predicted octanol–water partition coefficient (Wildman–Crippen LogP) is 5.80. The third kappa shape index (κ3) is 6.32. The third-order valence-corrected chi connectivity index (χ3v) is 6.69. The largest absolute Gasteiger partial charge is 0.489 e. The summed E-state index contributed by atoms with van der Waals surface area (Å²) in [6.07, 6.45) is 3.52. The Morgan fingerprint density at radius 3 is 2.60 bits per heavy atom. The lowest BCUT2D eigenvalue weighted by molar-refractivity contribution is -0.127. The smallest absolute Gasteiger partial charge is 0.294 e. The highest BCUT2D eigenvalue weighted by molar-refractivity contribution is 8.18. The van der Waals surface area contributed by atoms with Crippen LogP contribution in [0.1, 0.15) is 11.1 Å². The molecule has 3 aromatic rings. The fraction of sp³-hybridized carbons (Fsp3) is 0.115. The summed E-state index contributed by atoms with van der Waals surface area (Å²) in [4.78, 5) is 39.7. The van der Waals surface area contributed by atoms with Gasteiger partial charge in [-0.1, -0.05) is 36.4 Å². The number of ether oxygens (including phenoxy) is 1. The van der Waals surface area contributed by atoms with Gasteiger partial charge in [0.2, 0.25) is 5.91 Å². The van der Waals surface area contributed by atoms with Crippen LogP contribution in [0.15, 0.2) is 82.6 Å². The standard InChI is InChI=1S/C26H21FN2O4S2/c1-34-21-7-4-6-19(14-21)28-24(30)15-29-25(31)23(35-26(29)32)13-17-9-11-20(12-10-17)33-16-18-5-2-3-8-22(18)27/h2-14H,15-16H2,1H3,(H,28,30)/b23-13+. The van der Waals surface area contributed by atoms with Gasteiger partial charge in [0.25, 0.3) is 11.1 Å². The average Bonchev–Trinajstić information content (AvgIpc) is 3.11. The number of anilines is 1. The molecule has 1 aliphatic rings. The number of thioether (sulfide) groups is 2. The number of halogens is 1. The fourth-order valence-electron chi connectivity index (χ4n) is 3.27. The zero-order valence-electron chi connectivity index (χ0n) is 18.7. The highest BCUT2D eigenvalue weighted by Gasteiger charge is 2.36. The van der Waals surface area contributed by atoms with Crippen LogP contribution >= 0.6 is 23.5 Å². The molecule has 0 aliphatic carbocycles. The molecule has 0 radical (unpaired) electrons. The molecule has 4 rings (SSSR count). The number of hydrogen-bond donors (Lipinski definition) is 1. The van der Waals surface area contributed by atoms with Gasteiger partial charge >= 0.3 is 0 Å². The fourth-order valence-corrected chi connectivity index (χ4v) is 4.57. The first kappa shape index (κ1) is 24.6. The molecular weight excluding hydrogens is 487 g/mol.